The third-order valence-corrected chi connectivity index (χ3v) is 5.99. The number of hydrogen-bond acceptors (Lipinski definition) is 4. The molecule has 1 aromatic carbocycles. The SMILES string of the molecule is CCNC(c1ccccc1)c1nnc(C2CC3CC3C2)s1. The van der Waals surface area contributed by atoms with E-state index in [0.717, 1.165) is 23.4 Å². The quantitative estimate of drug-likeness (QED) is 0.913. The Morgan fingerprint density at radius 2 is 1.90 bits per heavy atom. The summed E-state index contributed by atoms with van der Waals surface area (Å²) in [5, 5.41) is 14.9. The number of nitrogens with one attached hydrogen (secondary N) is 1. The van der Waals surface area contributed by atoms with Crippen molar-refractivity contribution < 1.29 is 0 Å². The molecule has 3 atom stereocenters. The Hall–Kier alpha value is -1.26. The van der Waals surface area contributed by atoms with Gasteiger partial charge in [0.1, 0.15) is 10.0 Å². The average Bonchev–Trinajstić information content (AvgIpc) is 2.94. The molecule has 1 heterocycles. The first-order valence-corrected chi connectivity index (χ1v) is 8.78. The van der Waals surface area contributed by atoms with Gasteiger partial charge in [0.05, 0.1) is 6.04 Å². The standard InChI is InChI=1S/C17H21N3S/c1-2-18-15(11-6-4-3-5-7-11)17-20-19-16(21-17)14-9-12-8-13(12)10-14/h3-7,12-15,18H,2,8-10H2,1H3. The van der Waals surface area contributed by atoms with E-state index in [-0.39, 0.29) is 6.04 Å². The van der Waals surface area contributed by atoms with E-state index in [2.05, 4.69) is 52.8 Å². The molecule has 2 aliphatic carbocycles. The van der Waals surface area contributed by atoms with Crippen molar-refractivity contribution >= 4 is 11.3 Å². The molecule has 3 unspecified atom stereocenters. The smallest absolute Gasteiger partial charge is 0.139 e. The van der Waals surface area contributed by atoms with Crippen LogP contribution in [0.3, 0.4) is 0 Å². The lowest BCUT2D eigenvalue weighted by molar-refractivity contribution is 0.606. The summed E-state index contributed by atoms with van der Waals surface area (Å²) in [6.07, 6.45) is 4.15. The highest BCUT2D eigenvalue weighted by molar-refractivity contribution is 7.11. The van der Waals surface area contributed by atoms with Gasteiger partial charge in [0, 0.05) is 5.92 Å². The summed E-state index contributed by atoms with van der Waals surface area (Å²) in [7, 11) is 0. The molecule has 4 heteroatoms. The highest BCUT2D eigenvalue weighted by Gasteiger charge is 2.47. The van der Waals surface area contributed by atoms with Crippen LogP contribution in [0.1, 0.15) is 53.7 Å². The van der Waals surface area contributed by atoms with Crippen LogP contribution in [0.25, 0.3) is 0 Å². The van der Waals surface area contributed by atoms with Crippen LogP contribution in [0, 0.1) is 11.8 Å². The molecular weight excluding hydrogens is 278 g/mol. The molecule has 0 radical (unpaired) electrons. The van der Waals surface area contributed by atoms with E-state index in [1.807, 2.05) is 11.3 Å². The molecule has 1 aromatic heterocycles. The maximum atomic E-state index is 4.51. The van der Waals surface area contributed by atoms with Gasteiger partial charge in [0.2, 0.25) is 0 Å². The van der Waals surface area contributed by atoms with Gasteiger partial charge in [-0.1, -0.05) is 48.6 Å². The minimum Gasteiger partial charge on any atom is -0.304 e. The van der Waals surface area contributed by atoms with E-state index in [4.69, 9.17) is 0 Å². The van der Waals surface area contributed by atoms with E-state index in [1.54, 1.807) is 0 Å². The lowest BCUT2D eigenvalue weighted by Gasteiger charge is -2.15. The van der Waals surface area contributed by atoms with Crippen molar-refractivity contribution in [1.82, 2.24) is 15.5 Å². The molecule has 110 valence electrons. The lowest BCUT2D eigenvalue weighted by Crippen LogP contribution is -2.21. The van der Waals surface area contributed by atoms with Crippen LogP contribution in [0.15, 0.2) is 30.3 Å². The highest BCUT2D eigenvalue weighted by Crippen LogP contribution is 2.57. The Labute approximate surface area is 129 Å². The molecule has 2 fully saturated rings. The number of benzene rings is 1. The van der Waals surface area contributed by atoms with Gasteiger partial charge < -0.3 is 5.32 Å². The maximum Gasteiger partial charge on any atom is 0.139 e. The van der Waals surface area contributed by atoms with Crippen LogP contribution in [-0.4, -0.2) is 16.7 Å². The summed E-state index contributed by atoms with van der Waals surface area (Å²) in [5.74, 6) is 2.68. The first-order valence-electron chi connectivity index (χ1n) is 7.96. The van der Waals surface area contributed by atoms with Crippen molar-refractivity contribution in [3.8, 4) is 0 Å². The fourth-order valence-electron chi connectivity index (χ4n) is 3.64. The van der Waals surface area contributed by atoms with Gasteiger partial charge in [-0.3, -0.25) is 0 Å². The molecule has 0 aliphatic heterocycles. The monoisotopic (exact) mass is 299 g/mol. The maximum absolute atomic E-state index is 4.51. The van der Waals surface area contributed by atoms with Crippen molar-refractivity contribution in [3.63, 3.8) is 0 Å². The molecule has 21 heavy (non-hydrogen) atoms. The van der Waals surface area contributed by atoms with E-state index >= 15 is 0 Å². The normalized spacial score (nSPS) is 28.3. The number of rotatable bonds is 5. The zero-order valence-electron chi connectivity index (χ0n) is 12.3. The third kappa shape index (κ3) is 2.62. The molecule has 0 saturated heterocycles. The second-order valence-corrected chi connectivity index (χ2v) is 7.34. The summed E-state index contributed by atoms with van der Waals surface area (Å²) < 4.78 is 0. The molecule has 4 rings (SSSR count). The van der Waals surface area contributed by atoms with Crippen molar-refractivity contribution in [1.29, 1.82) is 0 Å². The molecule has 2 saturated carbocycles. The predicted octanol–water partition coefficient (Wildman–Crippen LogP) is 3.75. The largest absolute Gasteiger partial charge is 0.304 e. The molecule has 3 nitrogen and oxygen atoms in total. The topological polar surface area (TPSA) is 37.8 Å². The van der Waals surface area contributed by atoms with Crippen molar-refractivity contribution in [3.05, 3.63) is 45.9 Å². The van der Waals surface area contributed by atoms with Crippen molar-refractivity contribution in [2.24, 2.45) is 11.8 Å². The first-order chi connectivity index (χ1) is 10.3. The predicted molar refractivity (Wildman–Crippen MR) is 85.4 cm³/mol. The summed E-state index contributed by atoms with van der Waals surface area (Å²) in [6.45, 7) is 3.07. The van der Waals surface area contributed by atoms with Crippen LogP contribution in [0.5, 0.6) is 0 Å². The lowest BCUT2D eigenvalue weighted by atomic mass is 10.1. The summed E-state index contributed by atoms with van der Waals surface area (Å²) in [6, 6.07) is 10.7. The first kappa shape index (κ1) is 13.4. The molecule has 0 spiro atoms. The van der Waals surface area contributed by atoms with E-state index in [1.165, 1.54) is 29.8 Å². The van der Waals surface area contributed by atoms with Gasteiger partial charge in [0.15, 0.2) is 0 Å². The molecule has 2 aromatic rings. The van der Waals surface area contributed by atoms with Crippen LogP contribution < -0.4 is 5.32 Å². The number of fused-ring (bicyclic) bond motifs is 1. The Morgan fingerprint density at radius 3 is 2.62 bits per heavy atom. The average molecular weight is 299 g/mol. The number of aromatic nitrogens is 2. The van der Waals surface area contributed by atoms with E-state index < -0.39 is 0 Å². The second-order valence-electron chi connectivity index (χ2n) is 6.30. The molecule has 1 N–H and O–H groups in total. The van der Waals surface area contributed by atoms with E-state index in [0.29, 0.717) is 5.92 Å². The molecule has 0 bridgehead atoms. The number of hydrogen-bond donors (Lipinski definition) is 1. The van der Waals surface area contributed by atoms with Crippen LogP contribution in [0.4, 0.5) is 0 Å². The summed E-state index contributed by atoms with van der Waals surface area (Å²) in [4.78, 5) is 0. The van der Waals surface area contributed by atoms with Crippen molar-refractivity contribution in [2.75, 3.05) is 6.54 Å². The summed E-state index contributed by atoms with van der Waals surface area (Å²) >= 11 is 1.81. The molecular formula is C17H21N3S. The second kappa shape index (κ2) is 5.50. The van der Waals surface area contributed by atoms with Crippen LogP contribution in [-0.2, 0) is 0 Å². The highest BCUT2D eigenvalue weighted by atomic mass is 32.1. The zero-order chi connectivity index (χ0) is 14.2. The van der Waals surface area contributed by atoms with Gasteiger partial charge >= 0.3 is 0 Å². The van der Waals surface area contributed by atoms with E-state index in [9.17, 15) is 0 Å². The minimum absolute atomic E-state index is 0.179. The van der Waals surface area contributed by atoms with Crippen LogP contribution >= 0.6 is 11.3 Å². The van der Waals surface area contributed by atoms with Gasteiger partial charge in [-0.2, -0.15) is 0 Å². The van der Waals surface area contributed by atoms with Gasteiger partial charge in [-0.25, -0.2) is 0 Å². The van der Waals surface area contributed by atoms with Crippen molar-refractivity contribution in [2.45, 2.75) is 38.1 Å². The fourth-order valence-corrected chi connectivity index (χ4v) is 4.72. The van der Waals surface area contributed by atoms with Gasteiger partial charge in [-0.15, -0.1) is 10.2 Å². The van der Waals surface area contributed by atoms with Gasteiger partial charge in [0.25, 0.3) is 0 Å². The summed E-state index contributed by atoms with van der Waals surface area (Å²) in [5.41, 5.74) is 1.27. The Balaban J connectivity index is 1.57. The minimum atomic E-state index is 0.179. The molecule has 0 amide bonds. The Morgan fingerprint density at radius 1 is 1.14 bits per heavy atom. The Bertz CT molecular complexity index is 600. The van der Waals surface area contributed by atoms with Crippen LogP contribution in [0.2, 0.25) is 0 Å². The zero-order valence-corrected chi connectivity index (χ0v) is 13.1. The molecule has 2 aliphatic rings. The number of nitrogens with zero attached hydrogens (tertiary/aromatic N) is 2. The fraction of sp³-hybridized carbons (Fsp3) is 0.529. The van der Waals surface area contributed by atoms with Gasteiger partial charge in [-0.05, 0) is 43.2 Å². The Kier molecular flexibility index (Phi) is 3.51. The third-order valence-electron chi connectivity index (χ3n) is 4.84.